The Morgan fingerprint density at radius 3 is 2.54 bits per heavy atom. The van der Waals surface area contributed by atoms with Gasteiger partial charge in [-0.3, -0.25) is 4.79 Å². The average molecular weight is 330 g/mol. The van der Waals surface area contributed by atoms with E-state index in [1.54, 1.807) is 0 Å². The first-order chi connectivity index (χ1) is 11.3. The molecule has 132 valence electrons. The number of hydrogen-bond donors (Lipinski definition) is 1. The summed E-state index contributed by atoms with van der Waals surface area (Å²) in [6, 6.07) is 2.63. The van der Waals surface area contributed by atoms with Gasteiger partial charge in [-0.15, -0.1) is 0 Å². The predicted octanol–water partition coefficient (Wildman–Crippen LogP) is 3.10. The fourth-order valence-electron chi connectivity index (χ4n) is 7.35. The fraction of sp³-hybridized carbons (Fsp3) is 0.900. The quantitative estimate of drug-likeness (QED) is 0.694. The van der Waals surface area contributed by atoms with Crippen molar-refractivity contribution in [3.8, 4) is 6.07 Å². The van der Waals surface area contributed by atoms with Crippen molar-refractivity contribution in [2.45, 2.75) is 76.9 Å². The number of aliphatic hydroxyl groups is 1. The number of piperidine rings is 1. The fourth-order valence-corrected chi connectivity index (χ4v) is 7.35. The van der Waals surface area contributed by atoms with Gasteiger partial charge in [-0.1, -0.05) is 13.8 Å². The van der Waals surface area contributed by atoms with Crippen molar-refractivity contribution >= 4 is 5.91 Å². The molecule has 4 nitrogen and oxygen atoms in total. The van der Waals surface area contributed by atoms with Crippen molar-refractivity contribution in [3.05, 3.63) is 0 Å². The molecule has 24 heavy (non-hydrogen) atoms. The Bertz CT molecular complexity index is 613. The number of nitrogens with zero attached hydrogens (tertiary/aromatic N) is 2. The molecular formula is C20H30N2O2. The summed E-state index contributed by atoms with van der Waals surface area (Å²) in [5.74, 6) is 2.00. The summed E-state index contributed by atoms with van der Waals surface area (Å²) in [6.45, 7) is 4.57. The minimum atomic E-state index is -1.14. The summed E-state index contributed by atoms with van der Waals surface area (Å²) in [5, 5.41) is 20.5. The topological polar surface area (TPSA) is 64.3 Å². The van der Waals surface area contributed by atoms with Crippen molar-refractivity contribution in [2.24, 2.45) is 28.6 Å². The van der Waals surface area contributed by atoms with Gasteiger partial charge in [0, 0.05) is 24.9 Å². The number of rotatable bonds is 0. The summed E-state index contributed by atoms with van der Waals surface area (Å²) in [6.07, 6.45) is 7.57. The Balaban J connectivity index is 1.67. The van der Waals surface area contributed by atoms with Gasteiger partial charge in [-0.2, -0.15) is 5.26 Å². The number of likely N-dealkylation sites (tertiary alicyclic amines) is 1. The van der Waals surface area contributed by atoms with Crippen LogP contribution in [0.25, 0.3) is 0 Å². The van der Waals surface area contributed by atoms with Gasteiger partial charge in [0.2, 0.25) is 5.91 Å². The number of amides is 1. The molecule has 1 unspecified atom stereocenters. The van der Waals surface area contributed by atoms with E-state index in [-0.39, 0.29) is 10.8 Å². The lowest BCUT2D eigenvalue weighted by Crippen LogP contribution is -2.62. The Kier molecular flexibility index (Phi) is 3.40. The van der Waals surface area contributed by atoms with Gasteiger partial charge in [0.1, 0.15) is 0 Å². The van der Waals surface area contributed by atoms with E-state index in [4.69, 9.17) is 0 Å². The Labute approximate surface area is 145 Å². The van der Waals surface area contributed by atoms with Crippen LogP contribution in [-0.4, -0.2) is 34.6 Å². The first kappa shape index (κ1) is 16.4. The number of fused-ring (bicyclic) bond motifs is 5. The van der Waals surface area contributed by atoms with E-state index in [1.807, 2.05) is 11.9 Å². The van der Waals surface area contributed by atoms with Gasteiger partial charge in [0.05, 0.1) is 6.07 Å². The van der Waals surface area contributed by atoms with Gasteiger partial charge in [-0.05, 0) is 68.1 Å². The molecule has 7 atom stereocenters. The third-order valence-electron chi connectivity index (χ3n) is 8.89. The second-order valence-corrected chi connectivity index (χ2v) is 9.45. The van der Waals surface area contributed by atoms with Crippen LogP contribution in [0.15, 0.2) is 0 Å². The van der Waals surface area contributed by atoms with Crippen LogP contribution in [0.4, 0.5) is 0 Å². The van der Waals surface area contributed by atoms with Crippen LogP contribution < -0.4 is 0 Å². The predicted molar refractivity (Wildman–Crippen MR) is 90.7 cm³/mol. The third kappa shape index (κ3) is 1.80. The highest BCUT2D eigenvalue weighted by atomic mass is 16.3. The second kappa shape index (κ2) is 4.97. The molecule has 0 aromatic carbocycles. The standard InChI is InChI=1S/C20H30N2O2/c1-18-9-8-17(23)22(3)16(18)5-4-13-14(18)6-10-19(2)15(13)7-11-20(19,24)12-21/h13-16,24H,4-11H2,1-3H3/t13-,14+,15+,16-,18-,19+,20?/m1/s1. The zero-order chi connectivity index (χ0) is 17.3. The first-order valence-corrected chi connectivity index (χ1v) is 9.66. The monoisotopic (exact) mass is 330 g/mol. The molecule has 4 fully saturated rings. The van der Waals surface area contributed by atoms with Crippen molar-refractivity contribution in [1.29, 1.82) is 5.26 Å². The van der Waals surface area contributed by atoms with Crippen molar-refractivity contribution < 1.29 is 9.90 Å². The van der Waals surface area contributed by atoms with Crippen molar-refractivity contribution in [1.82, 2.24) is 4.90 Å². The van der Waals surface area contributed by atoms with Gasteiger partial charge in [-0.25, -0.2) is 0 Å². The molecule has 0 bridgehead atoms. The van der Waals surface area contributed by atoms with Gasteiger partial charge in [0.15, 0.2) is 5.60 Å². The molecule has 1 amide bonds. The normalized spacial score (nSPS) is 53.8. The first-order valence-electron chi connectivity index (χ1n) is 9.66. The van der Waals surface area contributed by atoms with Crippen LogP contribution >= 0.6 is 0 Å². The zero-order valence-corrected chi connectivity index (χ0v) is 15.2. The van der Waals surface area contributed by atoms with E-state index in [2.05, 4.69) is 19.9 Å². The van der Waals surface area contributed by atoms with Crippen molar-refractivity contribution in [3.63, 3.8) is 0 Å². The molecule has 0 spiro atoms. The Morgan fingerprint density at radius 1 is 1.12 bits per heavy atom. The lowest BCUT2D eigenvalue weighted by Gasteiger charge is -2.62. The van der Waals surface area contributed by atoms with Crippen LogP contribution in [0.2, 0.25) is 0 Å². The molecule has 1 N–H and O–H groups in total. The van der Waals surface area contributed by atoms with Crippen LogP contribution in [0, 0.1) is 39.9 Å². The SMILES string of the molecule is CN1C(=O)CC[C@]2(C)[C@H]3CC[C@@]4(C)[C@@H](CCC4(O)C#N)[C@@H]3CC[C@@H]12. The minimum Gasteiger partial charge on any atom is -0.375 e. The molecule has 3 aliphatic carbocycles. The number of hydrogen-bond acceptors (Lipinski definition) is 3. The van der Waals surface area contributed by atoms with E-state index in [0.29, 0.717) is 42.5 Å². The molecule has 3 saturated carbocycles. The smallest absolute Gasteiger partial charge is 0.222 e. The molecule has 1 heterocycles. The third-order valence-corrected chi connectivity index (χ3v) is 8.89. The highest BCUT2D eigenvalue weighted by molar-refractivity contribution is 5.77. The highest BCUT2D eigenvalue weighted by Gasteiger charge is 2.65. The van der Waals surface area contributed by atoms with Crippen LogP contribution in [0.5, 0.6) is 0 Å². The maximum atomic E-state index is 12.2. The summed E-state index contributed by atoms with van der Waals surface area (Å²) in [5.41, 5.74) is -1.18. The second-order valence-electron chi connectivity index (χ2n) is 9.45. The molecule has 4 aliphatic rings. The number of carbonyl (C=O) groups excluding carboxylic acids is 1. The molecule has 1 aliphatic heterocycles. The highest BCUT2D eigenvalue weighted by Crippen LogP contribution is 2.66. The Morgan fingerprint density at radius 2 is 1.83 bits per heavy atom. The summed E-state index contributed by atoms with van der Waals surface area (Å²) in [7, 11) is 1.99. The van der Waals surface area contributed by atoms with E-state index in [0.717, 1.165) is 38.5 Å². The van der Waals surface area contributed by atoms with Gasteiger partial charge < -0.3 is 10.0 Å². The average Bonchev–Trinajstić information content (AvgIpc) is 2.84. The molecule has 4 heteroatoms. The zero-order valence-electron chi connectivity index (χ0n) is 15.2. The molecule has 0 radical (unpaired) electrons. The Hall–Kier alpha value is -1.08. The van der Waals surface area contributed by atoms with Gasteiger partial charge in [0.25, 0.3) is 0 Å². The molecule has 0 aromatic rings. The maximum absolute atomic E-state index is 12.2. The van der Waals surface area contributed by atoms with Crippen LogP contribution in [0.3, 0.4) is 0 Å². The van der Waals surface area contributed by atoms with E-state index in [1.165, 1.54) is 0 Å². The van der Waals surface area contributed by atoms with Gasteiger partial charge >= 0.3 is 0 Å². The largest absolute Gasteiger partial charge is 0.375 e. The molecule has 4 rings (SSSR count). The van der Waals surface area contributed by atoms with Crippen LogP contribution in [0.1, 0.15) is 65.2 Å². The van der Waals surface area contributed by atoms with Crippen molar-refractivity contribution in [2.75, 3.05) is 7.05 Å². The summed E-state index contributed by atoms with van der Waals surface area (Å²) in [4.78, 5) is 14.2. The number of carbonyl (C=O) groups is 1. The molecule has 1 saturated heterocycles. The number of nitriles is 1. The molecule has 0 aromatic heterocycles. The summed E-state index contributed by atoms with van der Waals surface area (Å²) >= 11 is 0. The van der Waals surface area contributed by atoms with E-state index >= 15 is 0 Å². The molecular weight excluding hydrogens is 300 g/mol. The maximum Gasteiger partial charge on any atom is 0.222 e. The van der Waals surface area contributed by atoms with E-state index in [9.17, 15) is 15.2 Å². The minimum absolute atomic E-state index is 0.209. The lowest BCUT2D eigenvalue weighted by atomic mass is 9.46. The van der Waals surface area contributed by atoms with E-state index < -0.39 is 5.60 Å². The lowest BCUT2D eigenvalue weighted by molar-refractivity contribution is -0.163. The van der Waals surface area contributed by atoms with Crippen LogP contribution in [-0.2, 0) is 4.79 Å². The summed E-state index contributed by atoms with van der Waals surface area (Å²) < 4.78 is 0.